The van der Waals surface area contributed by atoms with E-state index in [9.17, 15) is 4.79 Å². The number of anilines is 1. The number of benzene rings is 2. The van der Waals surface area contributed by atoms with Crippen LogP contribution in [-0.2, 0) is 6.42 Å². The van der Waals surface area contributed by atoms with E-state index in [1.807, 2.05) is 53.4 Å². The lowest BCUT2D eigenvalue weighted by molar-refractivity contribution is 0.0955. The first-order valence-corrected chi connectivity index (χ1v) is 9.39. The van der Waals surface area contributed by atoms with E-state index < -0.39 is 0 Å². The van der Waals surface area contributed by atoms with E-state index in [0.717, 1.165) is 27.3 Å². The molecule has 128 valence electrons. The number of fused-ring (bicyclic) bond motifs is 2. The third-order valence-corrected chi connectivity index (χ3v) is 5.80. The molecule has 3 heterocycles. The number of carbonyl (C=O) groups excluding carboxylic acids is 1. The van der Waals surface area contributed by atoms with Crippen molar-refractivity contribution >= 4 is 33.1 Å². The molecule has 1 aliphatic rings. The SMILES string of the molecule is CC1Cc2ccccc2N1C(=O)c1ccc(-c2nc3ccccc3s2)o1. The summed E-state index contributed by atoms with van der Waals surface area (Å²) in [4.78, 5) is 19.5. The monoisotopic (exact) mass is 360 g/mol. The zero-order valence-electron chi connectivity index (χ0n) is 14.2. The van der Waals surface area contributed by atoms with Crippen LogP contribution >= 0.6 is 11.3 Å². The number of furan rings is 1. The molecule has 2 aromatic heterocycles. The highest BCUT2D eigenvalue weighted by molar-refractivity contribution is 7.21. The lowest BCUT2D eigenvalue weighted by atomic mass is 10.1. The summed E-state index contributed by atoms with van der Waals surface area (Å²) in [7, 11) is 0. The molecule has 4 aromatic rings. The van der Waals surface area contributed by atoms with Crippen molar-refractivity contribution < 1.29 is 9.21 Å². The van der Waals surface area contributed by atoms with Crippen molar-refractivity contribution in [2.75, 3.05) is 4.90 Å². The highest BCUT2D eigenvalue weighted by Gasteiger charge is 2.32. The van der Waals surface area contributed by atoms with Crippen molar-refractivity contribution in [3.05, 3.63) is 72.0 Å². The molecule has 5 rings (SSSR count). The van der Waals surface area contributed by atoms with E-state index >= 15 is 0 Å². The van der Waals surface area contributed by atoms with Gasteiger partial charge in [0.1, 0.15) is 0 Å². The normalized spacial score (nSPS) is 16.2. The number of rotatable bonds is 2. The lowest BCUT2D eigenvalue weighted by Gasteiger charge is -2.21. The topological polar surface area (TPSA) is 46.3 Å². The average Bonchev–Trinajstić information content (AvgIpc) is 3.36. The first-order valence-electron chi connectivity index (χ1n) is 8.58. The molecule has 0 radical (unpaired) electrons. The van der Waals surface area contributed by atoms with Crippen LogP contribution in [-0.4, -0.2) is 16.9 Å². The molecule has 0 fully saturated rings. The van der Waals surface area contributed by atoms with Crippen LogP contribution in [0.25, 0.3) is 21.0 Å². The fourth-order valence-corrected chi connectivity index (χ4v) is 4.47. The van der Waals surface area contributed by atoms with E-state index in [1.165, 1.54) is 5.56 Å². The molecule has 1 aliphatic heterocycles. The maximum Gasteiger partial charge on any atom is 0.294 e. The number of thiazole rings is 1. The van der Waals surface area contributed by atoms with Gasteiger partial charge in [0.25, 0.3) is 5.91 Å². The molecule has 0 saturated heterocycles. The second-order valence-electron chi connectivity index (χ2n) is 6.51. The van der Waals surface area contributed by atoms with Crippen molar-refractivity contribution in [3.8, 4) is 10.8 Å². The Balaban J connectivity index is 1.49. The summed E-state index contributed by atoms with van der Waals surface area (Å²) >= 11 is 1.57. The molecule has 0 bridgehead atoms. The summed E-state index contributed by atoms with van der Waals surface area (Å²) in [5, 5.41) is 0.792. The summed E-state index contributed by atoms with van der Waals surface area (Å²) in [6.07, 6.45) is 0.868. The number of nitrogens with zero attached hydrogens (tertiary/aromatic N) is 2. The molecular weight excluding hydrogens is 344 g/mol. The van der Waals surface area contributed by atoms with Crippen LogP contribution in [0, 0.1) is 0 Å². The molecule has 0 saturated carbocycles. The largest absolute Gasteiger partial charge is 0.448 e. The van der Waals surface area contributed by atoms with Crippen LogP contribution in [0.15, 0.2) is 65.1 Å². The number of hydrogen-bond acceptors (Lipinski definition) is 4. The number of para-hydroxylation sites is 2. The molecule has 4 nitrogen and oxygen atoms in total. The fourth-order valence-electron chi connectivity index (χ4n) is 3.54. The molecule has 0 aliphatic carbocycles. The van der Waals surface area contributed by atoms with E-state index in [1.54, 1.807) is 17.4 Å². The summed E-state index contributed by atoms with van der Waals surface area (Å²) in [6.45, 7) is 2.06. The summed E-state index contributed by atoms with van der Waals surface area (Å²) in [5.41, 5.74) is 3.12. The Kier molecular flexibility index (Phi) is 3.43. The van der Waals surface area contributed by atoms with Crippen molar-refractivity contribution in [3.63, 3.8) is 0 Å². The highest BCUT2D eigenvalue weighted by Crippen LogP contribution is 2.35. The Morgan fingerprint density at radius 3 is 2.81 bits per heavy atom. The molecule has 2 aromatic carbocycles. The Labute approximate surface area is 154 Å². The molecular formula is C21H16N2O2S. The van der Waals surface area contributed by atoms with Crippen molar-refractivity contribution in [1.29, 1.82) is 0 Å². The minimum Gasteiger partial charge on any atom is -0.448 e. The van der Waals surface area contributed by atoms with Gasteiger partial charge in [0.15, 0.2) is 16.5 Å². The van der Waals surface area contributed by atoms with Gasteiger partial charge in [-0.05, 0) is 49.2 Å². The van der Waals surface area contributed by atoms with Gasteiger partial charge < -0.3 is 9.32 Å². The van der Waals surface area contributed by atoms with Gasteiger partial charge in [-0.25, -0.2) is 4.98 Å². The van der Waals surface area contributed by atoms with Crippen LogP contribution in [0.1, 0.15) is 23.0 Å². The van der Waals surface area contributed by atoms with E-state index in [-0.39, 0.29) is 11.9 Å². The third kappa shape index (κ3) is 2.35. The van der Waals surface area contributed by atoms with Crippen molar-refractivity contribution in [1.82, 2.24) is 4.98 Å². The molecule has 0 spiro atoms. The molecule has 1 amide bonds. The zero-order valence-corrected chi connectivity index (χ0v) is 15.0. The van der Waals surface area contributed by atoms with Crippen LogP contribution in [0.2, 0.25) is 0 Å². The minimum absolute atomic E-state index is 0.102. The second kappa shape index (κ2) is 5.81. The molecule has 5 heteroatoms. The van der Waals surface area contributed by atoms with Gasteiger partial charge >= 0.3 is 0 Å². The van der Waals surface area contributed by atoms with E-state index in [0.29, 0.717) is 11.5 Å². The van der Waals surface area contributed by atoms with Gasteiger partial charge in [0, 0.05) is 11.7 Å². The lowest BCUT2D eigenvalue weighted by Crippen LogP contribution is -2.35. The Morgan fingerprint density at radius 1 is 1.12 bits per heavy atom. The fraction of sp³-hybridized carbons (Fsp3) is 0.143. The summed E-state index contributed by atoms with van der Waals surface area (Å²) < 4.78 is 7.00. The molecule has 0 N–H and O–H groups in total. The Bertz CT molecular complexity index is 1090. The molecule has 1 unspecified atom stereocenters. The van der Waals surface area contributed by atoms with Crippen LogP contribution in [0.4, 0.5) is 5.69 Å². The zero-order chi connectivity index (χ0) is 17.7. The van der Waals surface area contributed by atoms with Gasteiger partial charge in [0.05, 0.1) is 10.2 Å². The maximum atomic E-state index is 13.1. The first-order chi connectivity index (χ1) is 12.7. The summed E-state index contributed by atoms with van der Waals surface area (Å²) in [6, 6.07) is 19.7. The van der Waals surface area contributed by atoms with Gasteiger partial charge in [-0.1, -0.05) is 30.3 Å². The first kappa shape index (κ1) is 15.3. The average molecular weight is 360 g/mol. The Hall–Kier alpha value is -2.92. The van der Waals surface area contributed by atoms with E-state index in [2.05, 4.69) is 18.0 Å². The predicted molar refractivity (Wildman–Crippen MR) is 104 cm³/mol. The highest BCUT2D eigenvalue weighted by atomic mass is 32.1. The van der Waals surface area contributed by atoms with Gasteiger partial charge in [0.2, 0.25) is 0 Å². The smallest absolute Gasteiger partial charge is 0.294 e. The number of carbonyl (C=O) groups is 1. The van der Waals surface area contributed by atoms with Crippen LogP contribution in [0.3, 0.4) is 0 Å². The third-order valence-electron chi connectivity index (χ3n) is 4.75. The number of hydrogen-bond donors (Lipinski definition) is 0. The number of aromatic nitrogens is 1. The quantitative estimate of drug-likeness (QED) is 0.497. The van der Waals surface area contributed by atoms with Crippen molar-refractivity contribution in [2.24, 2.45) is 0 Å². The minimum atomic E-state index is -0.102. The molecule has 1 atom stereocenters. The van der Waals surface area contributed by atoms with Crippen molar-refractivity contribution in [2.45, 2.75) is 19.4 Å². The van der Waals surface area contributed by atoms with Crippen LogP contribution < -0.4 is 4.90 Å². The Morgan fingerprint density at radius 2 is 1.92 bits per heavy atom. The number of amides is 1. The van der Waals surface area contributed by atoms with Gasteiger partial charge in [-0.15, -0.1) is 11.3 Å². The van der Waals surface area contributed by atoms with Crippen LogP contribution in [0.5, 0.6) is 0 Å². The van der Waals surface area contributed by atoms with Gasteiger partial charge in [-0.2, -0.15) is 0 Å². The van der Waals surface area contributed by atoms with E-state index in [4.69, 9.17) is 4.42 Å². The van der Waals surface area contributed by atoms with Gasteiger partial charge in [-0.3, -0.25) is 4.79 Å². The standard InChI is InChI=1S/C21H16N2O2S/c1-13-12-14-6-2-4-8-16(14)23(13)21(24)18-11-10-17(25-18)20-22-15-7-3-5-9-19(15)26-20/h2-11,13H,12H2,1H3. The summed E-state index contributed by atoms with van der Waals surface area (Å²) in [5.74, 6) is 0.882. The second-order valence-corrected chi connectivity index (χ2v) is 7.54. The molecule has 26 heavy (non-hydrogen) atoms. The maximum absolute atomic E-state index is 13.1. The predicted octanol–water partition coefficient (Wildman–Crippen LogP) is 5.15.